The van der Waals surface area contributed by atoms with Crippen molar-refractivity contribution in [3.63, 3.8) is 0 Å². The van der Waals surface area contributed by atoms with Gasteiger partial charge in [-0.3, -0.25) is 4.99 Å². The van der Waals surface area contributed by atoms with Crippen molar-refractivity contribution in [2.45, 2.75) is 39.3 Å². The van der Waals surface area contributed by atoms with Gasteiger partial charge in [0.25, 0.3) is 0 Å². The fraction of sp³-hybridized carbons (Fsp3) is 0.500. The summed E-state index contributed by atoms with van der Waals surface area (Å²) in [4.78, 5) is 12.0. The van der Waals surface area contributed by atoms with Crippen LogP contribution < -0.4 is 5.32 Å². The van der Waals surface area contributed by atoms with E-state index in [1.165, 1.54) is 4.88 Å². The molecule has 0 aliphatic rings. The maximum absolute atomic E-state index is 5.79. The molecule has 2 aromatic heterocycles. The number of thiophene rings is 1. The van der Waals surface area contributed by atoms with Crippen molar-refractivity contribution in [3.05, 3.63) is 38.6 Å². The van der Waals surface area contributed by atoms with Gasteiger partial charge >= 0.3 is 0 Å². The minimum Gasteiger partial charge on any atom is -0.443 e. The van der Waals surface area contributed by atoms with Crippen LogP contribution in [0.25, 0.3) is 0 Å². The Morgan fingerprint density at radius 3 is 2.62 bits per heavy atom. The highest BCUT2D eigenvalue weighted by Crippen LogP contribution is 2.23. The zero-order valence-electron chi connectivity index (χ0n) is 14.6. The predicted octanol–water partition coefficient (Wildman–Crippen LogP) is 4.62. The molecule has 0 fully saturated rings. The van der Waals surface area contributed by atoms with E-state index in [-0.39, 0.29) is 29.4 Å². The minimum absolute atomic E-state index is 0. The summed E-state index contributed by atoms with van der Waals surface area (Å²) in [6, 6.07) is 4.17. The number of hydrogen-bond donors (Lipinski definition) is 1. The smallest absolute Gasteiger partial charge is 0.213 e. The third kappa shape index (κ3) is 6.03. The fourth-order valence-electron chi connectivity index (χ4n) is 2.02. The molecule has 0 aliphatic heterocycles. The van der Waals surface area contributed by atoms with Gasteiger partial charge in [0.15, 0.2) is 5.96 Å². The van der Waals surface area contributed by atoms with Crippen LogP contribution in [0.5, 0.6) is 0 Å². The van der Waals surface area contributed by atoms with Crippen LogP contribution in [0.15, 0.2) is 31.5 Å². The average Bonchev–Trinajstić information content (AvgIpc) is 3.08. The number of nitrogens with one attached hydrogen (secondary N) is 1. The number of oxazole rings is 1. The lowest BCUT2D eigenvalue weighted by atomic mass is 9.94. The highest BCUT2D eigenvalue weighted by Gasteiger charge is 2.19. The van der Waals surface area contributed by atoms with E-state index in [4.69, 9.17) is 4.42 Å². The van der Waals surface area contributed by atoms with Crippen LogP contribution in [-0.4, -0.2) is 29.9 Å². The summed E-state index contributed by atoms with van der Waals surface area (Å²) in [5, 5.41) is 3.29. The highest BCUT2D eigenvalue weighted by atomic mass is 127. The molecule has 2 aromatic rings. The van der Waals surface area contributed by atoms with Crippen LogP contribution in [0.3, 0.4) is 0 Å². The van der Waals surface area contributed by atoms with Gasteiger partial charge in [0.05, 0.1) is 23.1 Å². The van der Waals surface area contributed by atoms with E-state index in [2.05, 4.69) is 69.0 Å². The lowest BCUT2D eigenvalue weighted by Gasteiger charge is -2.20. The topological polar surface area (TPSA) is 53.7 Å². The minimum atomic E-state index is -0.0315. The van der Waals surface area contributed by atoms with Gasteiger partial charge in [-0.2, -0.15) is 0 Å². The SMILES string of the molecule is CN=C(NCc1ncc(C(C)(C)C)o1)N(C)Cc1ccc(Br)s1.I. The first kappa shape index (κ1) is 21.4. The van der Waals surface area contributed by atoms with Gasteiger partial charge in [0.1, 0.15) is 5.76 Å². The Balaban J connectivity index is 0.00000288. The molecule has 0 bridgehead atoms. The van der Waals surface area contributed by atoms with Crippen molar-refractivity contribution in [2.24, 2.45) is 4.99 Å². The third-order valence-electron chi connectivity index (χ3n) is 3.29. The first-order valence-electron chi connectivity index (χ1n) is 7.41. The largest absolute Gasteiger partial charge is 0.443 e. The fourth-order valence-corrected chi connectivity index (χ4v) is 3.56. The van der Waals surface area contributed by atoms with Crippen LogP contribution >= 0.6 is 51.2 Å². The quantitative estimate of drug-likeness (QED) is 0.359. The number of nitrogens with zero attached hydrogens (tertiary/aromatic N) is 3. The van der Waals surface area contributed by atoms with Crippen molar-refractivity contribution in [1.29, 1.82) is 0 Å². The molecule has 0 radical (unpaired) electrons. The van der Waals surface area contributed by atoms with Crippen LogP contribution in [-0.2, 0) is 18.5 Å². The summed E-state index contributed by atoms with van der Waals surface area (Å²) < 4.78 is 6.93. The van der Waals surface area contributed by atoms with Crippen molar-refractivity contribution in [1.82, 2.24) is 15.2 Å². The Kier molecular flexibility index (Phi) is 8.21. The summed E-state index contributed by atoms with van der Waals surface area (Å²) in [7, 11) is 3.79. The van der Waals surface area contributed by atoms with Crippen LogP contribution in [0.4, 0.5) is 0 Å². The summed E-state index contributed by atoms with van der Waals surface area (Å²) in [6.07, 6.45) is 1.80. The van der Waals surface area contributed by atoms with Gasteiger partial charge in [0.2, 0.25) is 5.89 Å². The zero-order valence-corrected chi connectivity index (χ0v) is 19.3. The summed E-state index contributed by atoms with van der Waals surface area (Å²) >= 11 is 5.22. The molecule has 0 atom stereocenters. The van der Waals surface area contributed by atoms with Crippen molar-refractivity contribution < 1.29 is 4.42 Å². The molecule has 0 unspecified atom stereocenters. The number of guanidine groups is 1. The third-order valence-corrected chi connectivity index (χ3v) is 4.89. The van der Waals surface area contributed by atoms with Crippen molar-refractivity contribution in [2.75, 3.05) is 14.1 Å². The number of aromatic nitrogens is 1. The number of rotatable bonds is 4. The molecule has 24 heavy (non-hydrogen) atoms. The van der Waals surface area contributed by atoms with E-state index in [0.29, 0.717) is 12.4 Å². The zero-order chi connectivity index (χ0) is 17.0. The van der Waals surface area contributed by atoms with E-state index < -0.39 is 0 Å². The summed E-state index contributed by atoms with van der Waals surface area (Å²) in [5.41, 5.74) is -0.0315. The molecule has 0 spiro atoms. The second-order valence-electron chi connectivity index (χ2n) is 6.33. The number of hydrogen-bond acceptors (Lipinski definition) is 4. The Hall–Kier alpha value is -0.610. The molecule has 0 aromatic carbocycles. The first-order chi connectivity index (χ1) is 10.8. The normalized spacial score (nSPS) is 12.0. The van der Waals surface area contributed by atoms with Crippen LogP contribution in [0, 0.1) is 0 Å². The molecule has 1 N–H and O–H groups in total. The van der Waals surface area contributed by atoms with Gasteiger partial charge in [0, 0.05) is 24.4 Å². The van der Waals surface area contributed by atoms with E-state index in [1.54, 1.807) is 24.6 Å². The Morgan fingerprint density at radius 1 is 1.42 bits per heavy atom. The van der Waals surface area contributed by atoms with E-state index >= 15 is 0 Å². The van der Waals surface area contributed by atoms with Gasteiger partial charge in [-0.15, -0.1) is 35.3 Å². The molecule has 0 saturated carbocycles. The first-order valence-corrected chi connectivity index (χ1v) is 9.01. The molecular formula is C16H24BrIN4OS. The Labute approximate surface area is 173 Å². The lowest BCUT2D eigenvalue weighted by molar-refractivity contribution is 0.376. The maximum atomic E-state index is 5.79. The molecule has 2 rings (SSSR count). The molecule has 2 heterocycles. The molecule has 5 nitrogen and oxygen atoms in total. The van der Waals surface area contributed by atoms with E-state index in [0.717, 1.165) is 22.1 Å². The monoisotopic (exact) mass is 526 g/mol. The summed E-state index contributed by atoms with van der Waals surface area (Å²) in [6.45, 7) is 7.64. The number of aliphatic imine (C=N–C) groups is 1. The van der Waals surface area contributed by atoms with Crippen LogP contribution in [0.2, 0.25) is 0 Å². The lowest BCUT2D eigenvalue weighted by Crippen LogP contribution is -2.37. The van der Waals surface area contributed by atoms with Gasteiger partial charge in [-0.25, -0.2) is 4.98 Å². The second-order valence-corrected chi connectivity index (χ2v) is 8.88. The Morgan fingerprint density at radius 2 is 2.12 bits per heavy atom. The number of halogens is 2. The van der Waals surface area contributed by atoms with E-state index in [9.17, 15) is 0 Å². The maximum Gasteiger partial charge on any atom is 0.213 e. The molecule has 134 valence electrons. The second kappa shape index (κ2) is 9.19. The average molecular weight is 527 g/mol. The van der Waals surface area contributed by atoms with E-state index in [1.807, 2.05) is 7.05 Å². The van der Waals surface area contributed by atoms with Gasteiger partial charge in [-0.1, -0.05) is 20.8 Å². The standard InChI is InChI=1S/C16H23BrN4OS.HI/c1-16(2,3)12-8-19-14(22-12)9-20-15(18-4)21(5)10-11-6-7-13(17)23-11;/h6-8H,9-10H2,1-5H3,(H,18,20);1H. The molecule has 8 heteroatoms. The molecule has 0 aliphatic carbocycles. The highest BCUT2D eigenvalue weighted by molar-refractivity contribution is 14.0. The Bertz CT molecular complexity index is 678. The predicted molar refractivity (Wildman–Crippen MR) is 114 cm³/mol. The molecule has 0 saturated heterocycles. The summed E-state index contributed by atoms with van der Waals surface area (Å²) in [5.74, 6) is 2.37. The van der Waals surface area contributed by atoms with Crippen molar-refractivity contribution >= 4 is 57.2 Å². The molecule has 0 amide bonds. The van der Waals surface area contributed by atoms with Gasteiger partial charge < -0.3 is 14.6 Å². The van der Waals surface area contributed by atoms with Crippen LogP contribution in [0.1, 0.15) is 37.3 Å². The molecular weight excluding hydrogens is 503 g/mol. The van der Waals surface area contributed by atoms with Gasteiger partial charge in [-0.05, 0) is 28.1 Å². The van der Waals surface area contributed by atoms with Crippen molar-refractivity contribution in [3.8, 4) is 0 Å².